The maximum atomic E-state index is 12.5. The molecule has 0 aromatic carbocycles. The zero-order chi connectivity index (χ0) is 17.5. The molecule has 24 heavy (non-hydrogen) atoms. The number of halogens is 1. The van der Waals surface area contributed by atoms with E-state index in [4.69, 9.17) is 11.6 Å². The first kappa shape index (κ1) is 17.3. The molecule has 0 N–H and O–H groups in total. The number of nitrogens with zero attached hydrogens (tertiary/aromatic N) is 4. The zero-order valence-electron chi connectivity index (χ0n) is 14.3. The lowest BCUT2D eigenvalue weighted by atomic mass is 9.93. The molecule has 0 saturated heterocycles. The summed E-state index contributed by atoms with van der Waals surface area (Å²) in [6.07, 6.45) is 5.40. The van der Waals surface area contributed by atoms with Gasteiger partial charge >= 0.3 is 5.91 Å². The highest BCUT2D eigenvalue weighted by Gasteiger charge is 2.27. The van der Waals surface area contributed by atoms with Gasteiger partial charge in [0.15, 0.2) is 15.6 Å². The van der Waals surface area contributed by atoms with E-state index in [1.54, 1.807) is 11.3 Å². The number of hydrogen-bond acceptors (Lipinski definition) is 4. The van der Waals surface area contributed by atoms with E-state index >= 15 is 0 Å². The molecule has 2 aromatic rings. The van der Waals surface area contributed by atoms with E-state index in [1.165, 1.54) is 35.8 Å². The summed E-state index contributed by atoms with van der Waals surface area (Å²) in [5.74, 6) is 0.250. The Hall–Kier alpha value is -1.53. The number of rotatable bonds is 3. The van der Waals surface area contributed by atoms with Gasteiger partial charge in [-0.25, -0.2) is 9.97 Å². The van der Waals surface area contributed by atoms with Crippen molar-refractivity contribution in [3.63, 3.8) is 0 Å². The van der Waals surface area contributed by atoms with Gasteiger partial charge in [0.1, 0.15) is 0 Å². The second-order valence-corrected chi connectivity index (χ2v) is 8.55. The number of amides is 1. The van der Waals surface area contributed by atoms with Crippen molar-refractivity contribution in [3.05, 3.63) is 38.6 Å². The summed E-state index contributed by atoms with van der Waals surface area (Å²) in [6.45, 7) is 9.56. The standard InChI is InChI=1S/C17H21ClN4OS/c1-10-13(17(2,3)4)24-16(22(10)9-11-5-6-11)21-15(23)12-14(18)20-8-7-19-12/h7-8,11H,5-6,9H2,1-4H3/b21-16-. The van der Waals surface area contributed by atoms with Gasteiger partial charge in [0.2, 0.25) is 0 Å². The monoisotopic (exact) mass is 364 g/mol. The summed E-state index contributed by atoms with van der Waals surface area (Å²) in [7, 11) is 0. The molecule has 128 valence electrons. The molecule has 0 atom stereocenters. The van der Waals surface area contributed by atoms with Crippen LogP contribution in [-0.4, -0.2) is 20.4 Å². The topological polar surface area (TPSA) is 60.1 Å². The van der Waals surface area contributed by atoms with Crippen molar-refractivity contribution < 1.29 is 4.79 Å². The highest BCUT2D eigenvalue weighted by Crippen LogP contribution is 2.33. The minimum absolute atomic E-state index is 0.0149. The second kappa shape index (κ2) is 6.41. The molecule has 3 rings (SSSR count). The largest absolute Gasteiger partial charge is 0.320 e. The lowest BCUT2D eigenvalue weighted by Crippen LogP contribution is -2.20. The summed E-state index contributed by atoms with van der Waals surface area (Å²) >= 11 is 7.55. The molecule has 2 aromatic heterocycles. The van der Waals surface area contributed by atoms with Crippen LogP contribution in [0.25, 0.3) is 0 Å². The highest BCUT2D eigenvalue weighted by atomic mass is 35.5. The van der Waals surface area contributed by atoms with E-state index in [9.17, 15) is 4.79 Å². The quantitative estimate of drug-likeness (QED) is 0.833. The lowest BCUT2D eigenvalue weighted by molar-refractivity contribution is 0.0992. The van der Waals surface area contributed by atoms with Crippen LogP contribution < -0.4 is 4.80 Å². The Morgan fingerprint density at radius 3 is 2.62 bits per heavy atom. The fraction of sp³-hybridized carbons (Fsp3) is 0.529. The van der Waals surface area contributed by atoms with Crippen molar-refractivity contribution in [3.8, 4) is 0 Å². The predicted octanol–water partition coefficient (Wildman–Crippen LogP) is 3.75. The van der Waals surface area contributed by atoms with Gasteiger partial charge in [-0.05, 0) is 31.1 Å². The minimum atomic E-state index is -0.445. The van der Waals surface area contributed by atoms with Crippen LogP contribution in [0.2, 0.25) is 5.15 Å². The molecular formula is C17H21ClN4OS. The Morgan fingerprint density at radius 1 is 1.38 bits per heavy atom. The molecule has 7 heteroatoms. The first-order valence-corrected chi connectivity index (χ1v) is 9.23. The van der Waals surface area contributed by atoms with Crippen molar-refractivity contribution in [1.82, 2.24) is 14.5 Å². The highest BCUT2D eigenvalue weighted by molar-refractivity contribution is 7.09. The molecule has 1 aliphatic carbocycles. The van der Waals surface area contributed by atoms with Gasteiger partial charge in [0.25, 0.3) is 0 Å². The number of aromatic nitrogens is 3. The van der Waals surface area contributed by atoms with Gasteiger partial charge in [0.05, 0.1) is 0 Å². The normalized spacial score (nSPS) is 15.8. The van der Waals surface area contributed by atoms with E-state index in [0.717, 1.165) is 11.3 Å². The Morgan fingerprint density at radius 2 is 2.04 bits per heavy atom. The lowest BCUT2D eigenvalue weighted by Gasteiger charge is -2.17. The second-order valence-electron chi connectivity index (χ2n) is 7.22. The first-order valence-electron chi connectivity index (χ1n) is 8.03. The van der Waals surface area contributed by atoms with Crippen LogP contribution in [0, 0.1) is 12.8 Å². The molecule has 0 unspecified atom stereocenters. The predicted molar refractivity (Wildman–Crippen MR) is 95.4 cm³/mol. The summed E-state index contributed by atoms with van der Waals surface area (Å²) in [4.78, 5) is 26.7. The molecule has 1 fully saturated rings. The molecule has 0 radical (unpaired) electrons. The summed E-state index contributed by atoms with van der Waals surface area (Å²) < 4.78 is 2.17. The van der Waals surface area contributed by atoms with Crippen molar-refractivity contribution in [2.24, 2.45) is 10.9 Å². The van der Waals surface area contributed by atoms with Crippen LogP contribution in [0.4, 0.5) is 0 Å². The smallest absolute Gasteiger partial charge is 0.301 e. The molecule has 5 nitrogen and oxygen atoms in total. The fourth-order valence-electron chi connectivity index (χ4n) is 2.64. The average molecular weight is 365 g/mol. The fourth-order valence-corrected chi connectivity index (χ4v) is 4.03. The van der Waals surface area contributed by atoms with Gasteiger partial charge in [-0.1, -0.05) is 32.4 Å². The van der Waals surface area contributed by atoms with Gasteiger partial charge in [0, 0.05) is 29.5 Å². The number of thiazole rings is 1. The van der Waals surface area contributed by atoms with E-state index in [2.05, 4.69) is 47.2 Å². The Bertz CT molecular complexity index is 843. The maximum absolute atomic E-state index is 12.5. The third-order valence-electron chi connectivity index (χ3n) is 4.03. The number of hydrogen-bond donors (Lipinski definition) is 0. The molecule has 1 aliphatic rings. The van der Waals surface area contributed by atoms with Crippen LogP contribution in [0.15, 0.2) is 17.4 Å². The first-order chi connectivity index (χ1) is 11.3. The van der Waals surface area contributed by atoms with Crippen molar-refractivity contribution >= 4 is 28.8 Å². The average Bonchev–Trinajstić information content (AvgIpc) is 3.26. The maximum Gasteiger partial charge on any atom is 0.301 e. The summed E-state index contributed by atoms with van der Waals surface area (Å²) in [6, 6.07) is 0. The van der Waals surface area contributed by atoms with Crippen molar-refractivity contribution in [1.29, 1.82) is 0 Å². The molecule has 0 bridgehead atoms. The van der Waals surface area contributed by atoms with Crippen molar-refractivity contribution in [2.45, 2.75) is 52.5 Å². The Kier molecular flexibility index (Phi) is 4.62. The van der Waals surface area contributed by atoms with Gasteiger partial charge in [-0.3, -0.25) is 4.79 Å². The minimum Gasteiger partial charge on any atom is -0.320 e. The number of carbonyl (C=O) groups is 1. The Labute approximate surface area is 150 Å². The van der Waals surface area contributed by atoms with Gasteiger partial charge in [-0.15, -0.1) is 11.3 Å². The van der Waals surface area contributed by atoms with Gasteiger partial charge < -0.3 is 4.57 Å². The summed E-state index contributed by atoms with van der Waals surface area (Å²) in [5, 5.41) is 0.0873. The van der Waals surface area contributed by atoms with Crippen LogP contribution in [0.5, 0.6) is 0 Å². The molecule has 1 saturated carbocycles. The molecule has 1 amide bonds. The SMILES string of the molecule is Cc1c(C(C)(C)C)s/c(=N\C(=O)c2nccnc2Cl)n1CC1CC1. The van der Waals surface area contributed by atoms with E-state index in [1.807, 2.05) is 0 Å². The summed E-state index contributed by atoms with van der Waals surface area (Å²) in [5.41, 5.74) is 1.30. The Balaban J connectivity index is 2.08. The van der Waals surface area contributed by atoms with Crippen LogP contribution in [-0.2, 0) is 12.0 Å². The third-order valence-corrected chi connectivity index (χ3v) is 5.91. The van der Waals surface area contributed by atoms with Crippen LogP contribution >= 0.6 is 22.9 Å². The zero-order valence-corrected chi connectivity index (χ0v) is 15.9. The van der Waals surface area contributed by atoms with E-state index in [-0.39, 0.29) is 16.3 Å². The molecule has 0 spiro atoms. The number of carbonyl (C=O) groups excluding carboxylic acids is 1. The third kappa shape index (κ3) is 3.59. The van der Waals surface area contributed by atoms with E-state index < -0.39 is 5.91 Å². The molecular weight excluding hydrogens is 344 g/mol. The van der Waals surface area contributed by atoms with Crippen LogP contribution in [0.3, 0.4) is 0 Å². The van der Waals surface area contributed by atoms with E-state index in [0.29, 0.717) is 5.92 Å². The molecule has 2 heterocycles. The van der Waals surface area contributed by atoms with Crippen molar-refractivity contribution in [2.75, 3.05) is 0 Å². The van der Waals surface area contributed by atoms with Gasteiger partial charge in [-0.2, -0.15) is 4.99 Å². The molecule has 0 aliphatic heterocycles. The van der Waals surface area contributed by atoms with Crippen LogP contribution in [0.1, 0.15) is 54.7 Å².